The van der Waals surface area contributed by atoms with Crippen molar-refractivity contribution in [3.05, 3.63) is 0 Å². The number of carbonyl (C=O) groups excluding carboxylic acids is 2. The zero-order valence-electron chi connectivity index (χ0n) is 10.9. The largest absolute Gasteiger partial charge is 2.00 e. The second kappa shape index (κ2) is 16.1. The molecule has 9 heteroatoms. The maximum absolute atomic E-state index is 9.96. The second-order valence-corrected chi connectivity index (χ2v) is 5.39. The number of carboxylic acids is 2. The quantitative estimate of drug-likeness (QED) is 0.459. The standard InChI is InChI=1S/2C5H11NO2S.Cu/c2*1-9-3-2-4(6)5(7)8;/h2*4H,2-3,6H2,1H3,(H,7,8);/q;;+2/p-2/t2*4-;/m00./s1. The average Bonchev–Trinajstić information content (AvgIpc) is 2.33. The van der Waals surface area contributed by atoms with Crippen LogP contribution in [0.1, 0.15) is 12.8 Å². The van der Waals surface area contributed by atoms with E-state index in [4.69, 9.17) is 11.5 Å². The van der Waals surface area contributed by atoms with Crippen molar-refractivity contribution in [1.82, 2.24) is 0 Å². The molecule has 0 heterocycles. The first kappa shape index (κ1) is 24.1. The molecule has 0 unspecified atom stereocenters. The average molecular weight is 360 g/mol. The number of carbonyl (C=O) groups is 2. The van der Waals surface area contributed by atoms with Crippen molar-refractivity contribution in [3.8, 4) is 0 Å². The van der Waals surface area contributed by atoms with Crippen molar-refractivity contribution >= 4 is 35.5 Å². The molecule has 0 amide bonds. The molecule has 0 aromatic carbocycles. The molecule has 0 saturated carbocycles. The first-order valence-electron chi connectivity index (χ1n) is 5.27. The number of hydrogen-bond donors (Lipinski definition) is 2. The van der Waals surface area contributed by atoms with Gasteiger partial charge in [0.25, 0.3) is 0 Å². The molecule has 19 heavy (non-hydrogen) atoms. The van der Waals surface area contributed by atoms with Crippen molar-refractivity contribution in [2.75, 3.05) is 24.0 Å². The zero-order chi connectivity index (χ0) is 14.6. The van der Waals surface area contributed by atoms with E-state index in [0.717, 1.165) is 11.5 Å². The van der Waals surface area contributed by atoms with Crippen LogP contribution < -0.4 is 21.7 Å². The Bertz CT molecular complexity index is 224. The van der Waals surface area contributed by atoms with Crippen molar-refractivity contribution in [2.45, 2.75) is 24.9 Å². The van der Waals surface area contributed by atoms with E-state index in [1.165, 1.54) is 0 Å². The molecule has 0 rings (SSSR count). The van der Waals surface area contributed by atoms with E-state index in [9.17, 15) is 19.8 Å². The summed E-state index contributed by atoms with van der Waals surface area (Å²) in [5.41, 5.74) is 10.3. The van der Waals surface area contributed by atoms with Crippen LogP contribution in [0.3, 0.4) is 0 Å². The molecule has 0 aliphatic heterocycles. The van der Waals surface area contributed by atoms with Crippen molar-refractivity contribution in [1.29, 1.82) is 0 Å². The summed E-state index contributed by atoms with van der Waals surface area (Å²) in [5.74, 6) is -0.780. The van der Waals surface area contributed by atoms with E-state index in [0.29, 0.717) is 12.8 Å². The van der Waals surface area contributed by atoms with Crippen LogP contribution >= 0.6 is 23.5 Å². The van der Waals surface area contributed by atoms with Gasteiger partial charge in [-0.1, -0.05) is 0 Å². The third kappa shape index (κ3) is 18.1. The number of rotatable bonds is 8. The smallest absolute Gasteiger partial charge is 0.548 e. The SMILES string of the molecule is CSCC[C@H](N)C(=O)[O-].CSCC[C@H](N)C(=O)[O-].[Cu+2]. The molecule has 0 aliphatic rings. The summed E-state index contributed by atoms with van der Waals surface area (Å²) in [6.07, 6.45) is 4.79. The second-order valence-electron chi connectivity index (χ2n) is 3.41. The van der Waals surface area contributed by atoms with Gasteiger partial charge in [0.05, 0.1) is 11.9 Å². The van der Waals surface area contributed by atoms with Gasteiger partial charge in [0.2, 0.25) is 0 Å². The Balaban J connectivity index is -0.000000256. The first-order chi connectivity index (χ1) is 8.36. The minimum Gasteiger partial charge on any atom is -0.548 e. The summed E-state index contributed by atoms with van der Waals surface area (Å²) in [5, 5.41) is 19.9. The molecule has 4 N–H and O–H groups in total. The Kier molecular flexibility index (Phi) is 20.5. The monoisotopic (exact) mass is 359 g/mol. The van der Waals surface area contributed by atoms with Gasteiger partial charge in [-0.15, -0.1) is 0 Å². The summed E-state index contributed by atoms with van der Waals surface area (Å²) >= 11 is 3.15. The normalized spacial score (nSPS) is 12.4. The fourth-order valence-electron chi connectivity index (χ4n) is 0.725. The summed E-state index contributed by atoms with van der Waals surface area (Å²) in [7, 11) is 0. The van der Waals surface area contributed by atoms with Crippen LogP contribution in [-0.2, 0) is 26.7 Å². The molecule has 1 radical (unpaired) electrons. The van der Waals surface area contributed by atoms with E-state index in [2.05, 4.69) is 0 Å². The van der Waals surface area contributed by atoms with Gasteiger partial charge in [0.1, 0.15) is 0 Å². The van der Waals surface area contributed by atoms with Crippen LogP contribution in [0.2, 0.25) is 0 Å². The van der Waals surface area contributed by atoms with Gasteiger partial charge in [-0.3, -0.25) is 0 Å². The van der Waals surface area contributed by atoms with Crippen LogP contribution in [-0.4, -0.2) is 48.0 Å². The summed E-state index contributed by atoms with van der Waals surface area (Å²) in [6.45, 7) is 0. The molecule has 0 spiro atoms. The topological polar surface area (TPSA) is 132 Å². The van der Waals surface area contributed by atoms with E-state index in [1.807, 2.05) is 12.5 Å². The Morgan fingerprint density at radius 1 is 0.947 bits per heavy atom. The third-order valence-corrected chi connectivity index (χ3v) is 3.16. The number of hydrogen-bond acceptors (Lipinski definition) is 8. The van der Waals surface area contributed by atoms with Gasteiger partial charge in [-0.05, 0) is 36.9 Å². The third-order valence-electron chi connectivity index (χ3n) is 1.87. The molecule has 117 valence electrons. The van der Waals surface area contributed by atoms with Crippen LogP contribution in [0.15, 0.2) is 0 Å². The number of aliphatic carboxylic acids is 2. The Morgan fingerprint density at radius 3 is 1.37 bits per heavy atom. The van der Waals surface area contributed by atoms with Crippen LogP contribution in [0.25, 0.3) is 0 Å². The summed E-state index contributed by atoms with van der Waals surface area (Å²) < 4.78 is 0. The maximum atomic E-state index is 9.96. The van der Waals surface area contributed by atoms with E-state index in [1.54, 1.807) is 23.5 Å². The minimum atomic E-state index is -1.16. The van der Waals surface area contributed by atoms with Gasteiger partial charge in [0, 0.05) is 12.1 Å². The predicted molar refractivity (Wildman–Crippen MR) is 72.0 cm³/mol. The molecule has 6 nitrogen and oxygen atoms in total. The summed E-state index contributed by atoms with van der Waals surface area (Å²) in [6, 6.07) is -1.59. The molecule has 0 bridgehead atoms. The Morgan fingerprint density at radius 2 is 1.21 bits per heavy atom. The molecule has 0 saturated heterocycles. The minimum absolute atomic E-state index is 0. The molecular weight excluding hydrogens is 340 g/mol. The summed E-state index contributed by atoms with van der Waals surface area (Å²) in [4.78, 5) is 19.9. The number of thioether (sulfide) groups is 2. The van der Waals surface area contributed by atoms with Gasteiger partial charge in [-0.2, -0.15) is 23.5 Å². The van der Waals surface area contributed by atoms with Gasteiger partial charge in [-0.25, -0.2) is 0 Å². The van der Waals surface area contributed by atoms with Gasteiger partial charge >= 0.3 is 17.1 Å². The Labute approximate surface area is 132 Å². The number of carboxylic acid groups (broad SMARTS) is 2. The maximum Gasteiger partial charge on any atom is 2.00 e. The van der Waals surface area contributed by atoms with Gasteiger partial charge in [0.15, 0.2) is 0 Å². The molecule has 0 aliphatic carbocycles. The molecule has 0 fully saturated rings. The molecule has 0 aromatic rings. The van der Waals surface area contributed by atoms with Crippen molar-refractivity contribution in [2.24, 2.45) is 11.5 Å². The fourth-order valence-corrected chi connectivity index (χ4v) is 1.70. The fraction of sp³-hybridized carbons (Fsp3) is 0.800. The molecule has 2 atom stereocenters. The predicted octanol–water partition coefficient (Wildman–Crippen LogP) is -2.37. The molecular formula is C10H20CuN2O4S2. The first-order valence-corrected chi connectivity index (χ1v) is 8.06. The van der Waals surface area contributed by atoms with Crippen molar-refractivity contribution < 1.29 is 36.9 Å². The van der Waals surface area contributed by atoms with E-state index >= 15 is 0 Å². The van der Waals surface area contributed by atoms with Crippen molar-refractivity contribution in [3.63, 3.8) is 0 Å². The van der Waals surface area contributed by atoms with E-state index in [-0.39, 0.29) is 17.1 Å². The van der Waals surface area contributed by atoms with Crippen LogP contribution in [0.4, 0.5) is 0 Å². The van der Waals surface area contributed by atoms with Crippen LogP contribution in [0, 0.1) is 0 Å². The number of nitrogens with two attached hydrogens (primary N) is 2. The zero-order valence-corrected chi connectivity index (χ0v) is 13.5. The van der Waals surface area contributed by atoms with E-state index < -0.39 is 24.0 Å². The van der Waals surface area contributed by atoms with Gasteiger partial charge < -0.3 is 31.3 Å². The Hall–Kier alpha value is 0.0795. The molecule has 0 aromatic heterocycles. The van der Waals surface area contributed by atoms with Crippen LogP contribution in [0.5, 0.6) is 0 Å².